The summed E-state index contributed by atoms with van der Waals surface area (Å²) >= 11 is 0. The molecule has 0 radical (unpaired) electrons. The number of fused-ring (bicyclic) bond motifs is 1. The molecule has 1 amide bonds. The standard InChI is InChI=1S/C20H23N3O/c24-20(16-7-5-10-17-15(16)8-6-12-21-17)22-18-9-1-2-11-19(18)23-13-3-4-14-23/h1-2,5,7,9-11,21H,3-4,6,8,12-14H2,(H,22,24). The summed E-state index contributed by atoms with van der Waals surface area (Å²) in [7, 11) is 0. The van der Waals surface area contributed by atoms with E-state index in [2.05, 4.69) is 27.7 Å². The van der Waals surface area contributed by atoms with Gasteiger partial charge < -0.3 is 15.5 Å². The molecule has 0 saturated carbocycles. The maximum atomic E-state index is 12.9. The van der Waals surface area contributed by atoms with Gasteiger partial charge >= 0.3 is 0 Å². The van der Waals surface area contributed by atoms with E-state index in [0.717, 1.165) is 60.7 Å². The van der Waals surface area contributed by atoms with E-state index in [0.29, 0.717) is 0 Å². The third kappa shape index (κ3) is 2.84. The molecule has 2 heterocycles. The van der Waals surface area contributed by atoms with Gasteiger partial charge in [-0.15, -0.1) is 0 Å². The quantitative estimate of drug-likeness (QED) is 0.901. The van der Waals surface area contributed by atoms with Crippen LogP contribution in [0.2, 0.25) is 0 Å². The lowest BCUT2D eigenvalue weighted by Crippen LogP contribution is -2.22. The summed E-state index contributed by atoms with van der Waals surface area (Å²) in [5.41, 5.74) is 5.06. The van der Waals surface area contributed by atoms with Gasteiger partial charge in [0.2, 0.25) is 0 Å². The molecule has 4 heteroatoms. The second kappa shape index (κ2) is 6.56. The highest BCUT2D eigenvalue weighted by molar-refractivity contribution is 6.07. The van der Waals surface area contributed by atoms with Crippen molar-refractivity contribution in [1.29, 1.82) is 0 Å². The Morgan fingerprint density at radius 3 is 2.71 bits per heavy atom. The molecule has 0 atom stereocenters. The summed E-state index contributed by atoms with van der Waals surface area (Å²) in [6.45, 7) is 3.12. The van der Waals surface area contributed by atoms with Crippen LogP contribution in [0.15, 0.2) is 42.5 Å². The molecule has 1 fully saturated rings. The van der Waals surface area contributed by atoms with Gasteiger partial charge in [0.25, 0.3) is 5.91 Å². The first-order valence-electron chi connectivity index (χ1n) is 8.84. The zero-order chi connectivity index (χ0) is 16.4. The fourth-order valence-electron chi connectivity index (χ4n) is 3.73. The van der Waals surface area contributed by atoms with Crippen molar-refractivity contribution < 1.29 is 4.79 Å². The Morgan fingerprint density at radius 1 is 1.00 bits per heavy atom. The number of carbonyl (C=O) groups excluding carboxylic acids is 1. The van der Waals surface area contributed by atoms with Crippen LogP contribution in [0, 0.1) is 0 Å². The van der Waals surface area contributed by atoms with Crippen molar-refractivity contribution >= 4 is 23.0 Å². The van der Waals surface area contributed by atoms with Crippen LogP contribution < -0.4 is 15.5 Å². The fraction of sp³-hybridized carbons (Fsp3) is 0.350. The molecule has 2 aliphatic rings. The summed E-state index contributed by atoms with van der Waals surface area (Å²) in [4.78, 5) is 15.3. The Balaban J connectivity index is 1.61. The summed E-state index contributed by atoms with van der Waals surface area (Å²) in [5.74, 6) is -0.0119. The van der Waals surface area contributed by atoms with E-state index < -0.39 is 0 Å². The van der Waals surface area contributed by atoms with Gasteiger partial charge in [0.05, 0.1) is 11.4 Å². The van der Waals surface area contributed by atoms with Gasteiger partial charge in [0.15, 0.2) is 0 Å². The van der Waals surface area contributed by atoms with Gasteiger partial charge in [0, 0.05) is 30.9 Å². The minimum Gasteiger partial charge on any atom is -0.385 e. The van der Waals surface area contributed by atoms with Gasteiger partial charge in [-0.2, -0.15) is 0 Å². The molecular weight excluding hydrogens is 298 g/mol. The zero-order valence-corrected chi connectivity index (χ0v) is 13.8. The maximum absolute atomic E-state index is 12.9. The Bertz CT molecular complexity index is 750. The number of carbonyl (C=O) groups is 1. The van der Waals surface area contributed by atoms with E-state index in [9.17, 15) is 4.79 Å². The zero-order valence-electron chi connectivity index (χ0n) is 13.8. The minimum absolute atomic E-state index is 0.0119. The summed E-state index contributed by atoms with van der Waals surface area (Å²) < 4.78 is 0. The SMILES string of the molecule is O=C(Nc1ccccc1N1CCCC1)c1cccc2c1CCCN2. The Labute approximate surface area is 142 Å². The third-order valence-electron chi connectivity index (χ3n) is 4.94. The first-order chi connectivity index (χ1) is 11.8. The van der Waals surface area contributed by atoms with Crippen LogP contribution in [0.25, 0.3) is 0 Å². The number of nitrogens with one attached hydrogen (secondary N) is 2. The van der Waals surface area contributed by atoms with Crippen molar-refractivity contribution in [2.24, 2.45) is 0 Å². The van der Waals surface area contributed by atoms with Gasteiger partial charge in [-0.1, -0.05) is 18.2 Å². The molecule has 2 aromatic carbocycles. The number of rotatable bonds is 3. The van der Waals surface area contributed by atoms with E-state index in [1.54, 1.807) is 0 Å². The largest absolute Gasteiger partial charge is 0.385 e. The van der Waals surface area contributed by atoms with Gasteiger partial charge in [-0.05, 0) is 55.5 Å². The lowest BCUT2D eigenvalue weighted by Gasteiger charge is -2.23. The smallest absolute Gasteiger partial charge is 0.256 e. The van der Waals surface area contributed by atoms with Crippen LogP contribution in [0.3, 0.4) is 0 Å². The van der Waals surface area contributed by atoms with E-state index >= 15 is 0 Å². The van der Waals surface area contributed by atoms with Crippen molar-refractivity contribution in [2.45, 2.75) is 25.7 Å². The van der Waals surface area contributed by atoms with Crippen LogP contribution in [-0.2, 0) is 6.42 Å². The predicted octanol–water partition coefficient (Wildman–Crippen LogP) is 3.90. The number of para-hydroxylation sites is 2. The van der Waals surface area contributed by atoms with Crippen molar-refractivity contribution in [1.82, 2.24) is 0 Å². The molecule has 0 aromatic heterocycles. The molecule has 1 saturated heterocycles. The fourth-order valence-corrected chi connectivity index (χ4v) is 3.73. The molecule has 0 bridgehead atoms. The van der Waals surface area contributed by atoms with Crippen molar-refractivity contribution in [2.75, 3.05) is 35.2 Å². The van der Waals surface area contributed by atoms with E-state index in [1.165, 1.54) is 12.8 Å². The van der Waals surface area contributed by atoms with Crippen LogP contribution >= 0.6 is 0 Å². The number of amides is 1. The highest BCUT2D eigenvalue weighted by Crippen LogP contribution is 2.30. The van der Waals surface area contributed by atoms with Gasteiger partial charge in [0.1, 0.15) is 0 Å². The summed E-state index contributed by atoms with van der Waals surface area (Å²) in [6, 6.07) is 14.1. The molecule has 4 nitrogen and oxygen atoms in total. The first-order valence-corrected chi connectivity index (χ1v) is 8.84. The lowest BCUT2D eigenvalue weighted by molar-refractivity contribution is 0.102. The minimum atomic E-state index is -0.0119. The Kier molecular flexibility index (Phi) is 4.11. The van der Waals surface area contributed by atoms with E-state index in [4.69, 9.17) is 0 Å². The molecule has 124 valence electrons. The second-order valence-electron chi connectivity index (χ2n) is 6.53. The molecule has 0 aliphatic carbocycles. The van der Waals surface area contributed by atoms with Crippen LogP contribution in [0.5, 0.6) is 0 Å². The average molecular weight is 321 g/mol. The van der Waals surface area contributed by atoms with Gasteiger partial charge in [-0.25, -0.2) is 0 Å². The number of anilines is 3. The topological polar surface area (TPSA) is 44.4 Å². The summed E-state index contributed by atoms with van der Waals surface area (Å²) in [5, 5.41) is 6.54. The highest BCUT2D eigenvalue weighted by Gasteiger charge is 2.20. The van der Waals surface area contributed by atoms with Crippen molar-refractivity contribution in [3.8, 4) is 0 Å². The number of benzene rings is 2. The monoisotopic (exact) mass is 321 g/mol. The highest BCUT2D eigenvalue weighted by atomic mass is 16.1. The van der Waals surface area contributed by atoms with E-state index in [-0.39, 0.29) is 5.91 Å². The lowest BCUT2D eigenvalue weighted by atomic mass is 9.97. The van der Waals surface area contributed by atoms with E-state index in [1.807, 2.05) is 30.3 Å². The van der Waals surface area contributed by atoms with Crippen LogP contribution in [0.1, 0.15) is 35.2 Å². The van der Waals surface area contributed by atoms with Crippen LogP contribution in [-0.4, -0.2) is 25.5 Å². The maximum Gasteiger partial charge on any atom is 0.256 e. The van der Waals surface area contributed by atoms with Crippen LogP contribution in [0.4, 0.5) is 17.1 Å². The Hall–Kier alpha value is -2.49. The number of hydrogen-bond acceptors (Lipinski definition) is 3. The third-order valence-corrected chi connectivity index (χ3v) is 4.94. The summed E-state index contributed by atoms with van der Waals surface area (Å²) in [6.07, 6.45) is 4.47. The first kappa shape index (κ1) is 15.1. The van der Waals surface area contributed by atoms with Gasteiger partial charge in [-0.3, -0.25) is 4.79 Å². The average Bonchev–Trinajstić information content (AvgIpc) is 3.16. The van der Waals surface area contributed by atoms with Crippen molar-refractivity contribution in [3.05, 3.63) is 53.6 Å². The Morgan fingerprint density at radius 2 is 1.83 bits per heavy atom. The second-order valence-corrected chi connectivity index (χ2v) is 6.53. The molecule has 24 heavy (non-hydrogen) atoms. The molecule has 4 rings (SSSR count). The molecule has 2 N–H and O–H groups in total. The molecule has 2 aliphatic heterocycles. The molecule has 2 aromatic rings. The molecular formula is C20H23N3O. The number of hydrogen-bond donors (Lipinski definition) is 2. The van der Waals surface area contributed by atoms with Crippen molar-refractivity contribution in [3.63, 3.8) is 0 Å². The molecule has 0 spiro atoms. The molecule has 0 unspecified atom stereocenters. The normalized spacial score (nSPS) is 16.4. The number of nitrogens with zero attached hydrogens (tertiary/aromatic N) is 1. The predicted molar refractivity (Wildman–Crippen MR) is 99.1 cm³/mol.